The number of allylic oxidation sites excluding steroid dienone is 2. The first-order chi connectivity index (χ1) is 10.5. The highest BCUT2D eigenvalue weighted by Crippen LogP contribution is 2.13. The molecule has 1 heterocycles. The quantitative estimate of drug-likeness (QED) is 0.624. The summed E-state index contributed by atoms with van der Waals surface area (Å²) < 4.78 is 0. The molecule has 0 unspecified atom stereocenters. The first-order valence-electron chi connectivity index (χ1n) is 8.27. The Morgan fingerprint density at radius 2 is 1.55 bits per heavy atom. The van der Waals surface area contributed by atoms with Crippen molar-refractivity contribution in [2.24, 2.45) is 0 Å². The van der Waals surface area contributed by atoms with Gasteiger partial charge in [0.15, 0.2) is 0 Å². The molecule has 0 amide bonds. The lowest BCUT2D eigenvalue weighted by Gasteiger charge is -2.25. The maximum Gasteiger partial charge on any atom is 0.119 e. The molecule has 1 aliphatic rings. The van der Waals surface area contributed by atoms with Crippen molar-refractivity contribution >= 4 is 0 Å². The minimum Gasteiger partial charge on any atom is -0.508 e. The normalized spacial score (nSPS) is 21.7. The molecule has 126 valence electrons. The van der Waals surface area contributed by atoms with Crippen molar-refractivity contribution in [3.8, 4) is 0 Å². The third-order valence-corrected chi connectivity index (χ3v) is 4.35. The van der Waals surface area contributed by atoms with E-state index in [4.69, 9.17) is 0 Å². The van der Waals surface area contributed by atoms with Crippen molar-refractivity contribution in [1.29, 1.82) is 0 Å². The topological polar surface area (TPSA) is 30.0 Å². The summed E-state index contributed by atoms with van der Waals surface area (Å²) in [5, 5.41) is 10.1. The Hall–Kier alpha value is -1.10. The molecular formula is C18H33N3O. The van der Waals surface area contributed by atoms with Gasteiger partial charge in [0, 0.05) is 51.4 Å². The van der Waals surface area contributed by atoms with Gasteiger partial charge in [-0.25, -0.2) is 0 Å². The zero-order valence-corrected chi connectivity index (χ0v) is 14.8. The molecule has 0 aromatic rings. The lowest BCUT2D eigenvalue weighted by Crippen LogP contribution is -2.36. The Morgan fingerprint density at radius 3 is 2.00 bits per heavy atom. The maximum atomic E-state index is 10.1. The van der Waals surface area contributed by atoms with Crippen molar-refractivity contribution in [3.05, 3.63) is 35.6 Å². The van der Waals surface area contributed by atoms with Crippen LogP contribution in [0.3, 0.4) is 0 Å². The number of aliphatic hydroxyl groups excluding tert-OH is 1. The second kappa shape index (κ2) is 9.82. The van der Waals surface area contributed by atoms with Crippen molar-refractivity contribution in [2.75, 3.05) is 59.9 Å². The second-order valence-corrected chi connectivity index (χ2v) is 6.34. The summed E-state index contributed by atoms with van der Waals surface area (Å²) in [6, 6.07) is 0. The standard InChI is InChI=1S/C18H33N3O/c1-6-16(3)14-17(18(22)7-2)15-21-12-10-19(4)8-9-20(5)11-13-21/h7,14,22H,2,6,8-13,15H2,1,3-5H3/b16-14+,18-17-. The van der Waals surface area contributed by atoms with E-state index in [1.54, 1.807) is 6.08 Å². The average molecular weight is 307 g/mol. The lowest BCUT2D eigenvalue weighted by molar-refractivity contribution is 0.249. The third kappa shape index (κ3) is 6.77. The summed E-state index contributed by atoms with van der Waals surface area (Å²) in [6.07, 6.45) is 4.65. The smallest absolute Gasteiger partial charge is 0.119 e. The minimum absolute atomic E-state index is 0.300. The molecule has 0 aromatic heterocycles. The van der Waals surface area contributed by atoms with Gasteiger partial charge in [-0.1, -0.05) is 25.2 Å². The van der Waals surface area contributed by atoms with Gasteiger partial charge in [0.05, 0.1) is 0 Å². The van der Waals surface area contributed by atoms with E-state index >= 15 is 0 Å². The fourth-order valence-corrected chi connectivity index (χ4v) is 2.43. The van der Waals surface area contributed by atoms with Crippen LogP contribution in [0.4, 0.5) is 0 Å². The summed E-state index contributed by atoms with van der Waals surface area (Å²) in [7, 11) is 4.35. The van der Waals surface area contributed by atoms with Gasteiger partial charge in [-0.05, 0) is 33.5 Å². The van der Waals surface area contributed by atoms with E-state index in [2.05, 4.69) is 55.3 Å². The number of rotatable bonds is 5. The largest absolute Gasteiger partial charge is 0.508 e. The third-order valence-electron chi connectivity index (χ3n) is 4.35. The van der Waals surface area contributed by atoms with Crippen molar-refractivity contribution in [2.45, 2.75) is 20.3 Å². The molecule has 4 heteroatoms. The molecule has 0 spiro atoms. The molecule has 1 saturated heterocycles. The Morgan fingerprint density at radius 1 is 1.05 bits per heavy atom. The maximum absolute atomic E-state index is 10.1. The summed E-state index contributed by atoms with van der Waals surface area (Å²) in [5.74, 6) is 0.300. The zero-order chi connectivity index (χ0) is 16.5. The summed E-state index contributed by atoms with van der Waals surface area (Å²) in [5.41, 5.74) is 2.25. The average Bonchev–Trinajstić information content (AvgIpc) is 2.59. The van der Waals surface area contributed by atoms with Crippen LogP contribution in [0.1, 0.15) is 20.3 Å². The van der Waals surface area contributed by atoms with Gasteiger partial charge < -0.3 is 14.9 Å². The number of likely N-dealkylation sites (N-methyl/N-ethyl adjacent to an activating group) is 2. The van der Waals surface area contributed by atoms with Crippen molar-refractivity contribution < 1.29 is 5.11 Å². The molecule has 0 bridgehead atoms. The van der Waals surface area contributed by atoms with Crippen LogP contribution in [-0.2, 0) is 0 Å². The van der Waals surface area contributed by atoms with Gasteiger partial charge in [0.1, 0.15) is 5.76 Å². The van der Waals surface area contributed by atoms with Crippen LogP contribution < -0.4 is 0 Å². The van der Waals surface area contributed by atoms with Gasteiger partial charge >= 0.3 is 0 Å². The Balaban J connectivity index is 2.83. The Labute approximate surface area is 136 Å². The van der Waals surface area contributed by atoms with E-state index in [0.717, 1.165) is 57.8 Å². The molecular weight excluding hydrogens is 274 g/mol. The lowest BCUT2D eigenvalue weighted by atomic mass is 10.1. The van der Waals surface area contributed by atoms with E-state index in [-0.39, 0.29) is 0 Å². The molecule has 4 nitrogen and oxygen atoms in total. The van der Waals surface area contributed by atoms with Crippen LogP contribution in [0.25, 0.3) is 0 Å². The van der Waals surface area contributed by atoms with Crippen molar-refractivity contribution in [3.63, 3.8) is 0 Å². The summed E-state index contributed by atoms with van der Waals surface area (Å²) in [6.45, 7) is 15.1. The van der Waals surface area contributed by atoms with Crippen LogP contribution in [-0.4, -0.2) is 79.7 Å². The second-order valence-electron chi connectivity index (χ2n) is 6.34. The van der Waals surface area contributed by atoms with E-state index in [0.29, 0.717) is 5.76 Å². The first-order valence-corrected chi connectivity index (χ1v) is 8.27. The molecule has 1 N–H and O–H groups in total. The monoisotopic (exact) mass is 307 g/mol. The zero-order valence-electron chi connectivity index (χ0n) is 14.8. The fourth-order valence-electron chi connectivity index (χ4n) is 2.43. The highest BCUT2D eigenvalue weighted by atomic mass is 16.3. The van der Waals surface area contributed by atoms with E-state index in [1.807, 2.05) is 0 Å². The van der Waals surface area contributed by atoms with E-state index in [9.17, 15) is 5.11 Å². The predicted octanol–water partition coefficient (Wildman–Crippen LogP) is 2.52. The fraction of sp³-hybridized carbons (Fsp3) is 0.667. The van der Waals surface area contributed by atoms with Crippen LogP contribution in [0, 0.1) is 0 Å². The summed E-state index contributed by atoms with van der Waals surface area (Å²) in [4.78, 5) is 7.17. The van der Waals surface area contributed by atoms with Crippen LogP contribution in [0.5, 0.6) is 0 Å². The van der Waals surface area contributed by atoms with Crippen LogP contribution in [0.15, 0.2) is 35.6 Å². The molecule has 1 aliphatic heterocycles. The SMILES string of the molecule is C=C/C(O)=C(\C=C(/C)CC)CN1CCN(C)CCN(C)CC1. The number of aliphatic hydroxyl groups is 1. The van der Waals surface area contributed by atoms with Gasteiger partial charge in [0.2, 0.25) is 0 Å². The molecule has 0 saturated carbocycles. The van der Waals surface area contributed by atoms with E-state index in [1.165, 1.54) is 5.57 Å². The van der Waals surface area contributed by atoms with Gasteiger partial charge in [-0.3, -0.25) is 4.90 Å². The molecule has 0 radical (unpaired) electrons. The van der Waals surface area contributed by atoms with Gasteiger partial charge in [-0.15, -0.1) is 0 Å². The molecule has 0 aliphatic carbocycles. The first kappa shape index (κ1) is 18.9. The minimum atomic E-state index is 0.300. The van der Waals surface area contributed by atoms with Crippen LogP contribution >= 0.6 is 0 Å². The molecule has 0 aromatic carbocycles. The number of hydrogen-bond donors (Lipinski definition) is 1. The molecule has 22 heavy (non-hydrogen) atoms. The van der Waals surface area contributed by atoms with Gasteiger partial charge in [0.25, 0.3) is 0 Å². The number of nitrogens with zero attached hydrogens (tertiary/aromatic N) is 3. The Kier molecular flexibility index (Phi) is 8.46. The summed E-state index contributed by atoms with van der Waals surface area (Å²) >= 11 is 0. The van der Waals surface area contributed by atoms with Crippen molar-refractivity contribution in [1.82, 2.24) is 14.7 Å². The predicted molar refractivity (Wildman–Crippen MR) is 95.3 cm³/mol. The van der Waals surface area contributed by atoms with E-state index < -0.39 is 0 Å². The molecule has 1 fully saturated rings. The highest BCUT2D eigenvalue weighted by molar-refractivity contribution is 5.31. The number of hydrogen-bond acceptors (Lipinski definition) is 4. The highest BCUT2D eigenvalue weighted by Gasteiger charge is 2.14. The van der Waals surface area contributed by atoms with Crippen LogP contribution in [0.2, 0.25) is 0 Å². The molecule has 1 rings (SSSR count). The molecule has 0 atom stereocenters. The Bertz CT molecular complexity index is 401. The van der Waals surface area contributed by atoms with Gasteiger partial charge in [-0.2, -0.15) is 0 Å².